The van der Waals surface area contributed by atoms with Gasteiger partial charge in [-0.25, -0.2) is 9.37 Å². The summed E-state index contributed by atoms with van der Waals surface area (Å²) < 4.78 is 14.9. The molecule has 0 saturated carbocycles. The third-order valence-corrected chi connectivity index (χ3v) is 5.81. The smallest absolute Gasteiger partial charge is 0.174 e. The van der Waals surface area contributed by atoms with E-state index in [-0.39, 0.29) is 5.75 Å². The van der Waals surface area contributed by atoms with E-state index in [1.807, 2.05) is 6.92 Å². The van der Waals surface area contributed by atoms with Crippen LogP contribution in [0.2, 0.25) is 0 Å². The number of tetrazole rings is 1. The number of rotatable bonds is 3. The van der Waals surface area contributed by atoms with E-state index in [0.717, 1.165) is 12.8 Å². The van der Waals surface area contributed by atoms with Crippen molar-refractivity contribution >= 4 is 6.08 Å². The molecule has 0 amide bonds. The highest BCUT2D eigenvalue weighted by molar-refractivity contribution is 5.68. The van der Waals surface area contributed by atoms with E-state index in [9.17, 15) is 9.50 Å². The Hall–Kier alpha value is -3.27. The summed E-state index contributed by atoms with van der Waals surface area (Å²) in [6.45, 7) is 3.66. The van der Waals surface area contributed by atoms with Gasteiger partial charge < -0.3 is 10.4 Å². The number of nitrogens with zero attached hydrogens (tertiary/aromatic N) is 7. The maximum absolute atomic E-state index is 14.9. The van der Waals surface area contributed by atoms with Gasteiger partial charge in [0, 0.05) is 17.7 Å². The zero-order chi connectivity index (χ0) is 20.9. The van der Waals surface area contributed by atoms with Gasteiger partial charge in [0.25, 0.3) is 0 Å². The van der Waals surface area contributed by atoms with Gasteiger partial charge in [-0.15, -0.1) is 25.2 Å². The summed E-state index contributed by atoms with van der Waals surface area (Å²) in [5, 5.41) is 33.9. The monoisotopic (exact) mass is 408 g/mol. The molecule has 3 atom stereocenters. The van der Waals surface area contributed by atoms with Crippen LogP contribution in [0.3, 0.4) is 0 Å². The minimum Gasteiger partial charge on any atom is -0.507 e. The largest absolute Gasteiger partial charge is 0.507 e. The molecule has 0 radical (unpaired) electrons. The van der Waals surface area contributed by atoms with E-state index < -0.39 is 11.7 Å². The normalized spacial score (nSPS) is 27.0. The molecular weight excluding hydrogens is 387 g/mol. The highest BCUT2D eigenvalue weighted by atomic mass is 19.1. The standard InChI is InChI=1S/C20H21FN8O/c1-11-24-28-29(27-11)14-3-4-15(17(30)9-14)16-10-22-18(26-25-16)8-12-7-13-5-6-20(2,23-13)19(12)21/h3-4,8-10,13,19,23,30H,5-7H2,1-2H3/b12-8+/t13-,19+,20+/m1/s1. The van der Waals surface area contributed by atoms with Gasteiger partial charge in [0.05, 0.1) is 17.4 Å². The summed E-state index contributed by atoms with van der Waals surface area (Å²) in [7, 11) is 0. The number of halogens is 1. The predicted octanol–water partition coefficient (Wildman–Crippen LogP) is 2.16. The lowest BCUT2D eigenvalue weighted by Gasteiger charge is -2.36. The first-order valence-corrected chi connectivity index (χ1v) is 9.84. The molecule has 2 saturated heterocycles. The fourth-order valence-corrected chi connectivity index (χ4v) is 4.26. The van der Waals surface area contributed by atoms with Crippen molar-refractivity contribution in [3.63, 3.8) is 0 Å². The Morgan fingerprint density at radius 2 is 2.17 bits per heavy atom. The molecule has 154 valence electrons. The highest BCUT2D eigenvalue weighted by Crippen LogP contribution is 2.40. The van der Waals surface area contributed by atoms with E-state index in [1.54, 1.807) is 25.1 Å². The van der Waals surface area contributed by atoms with Crippen molar-refractivity contribution < 1.29 is 9.50 Å². The molecule has 0 spiro atoms. The van der Waals surface area contributed by atoms with E-state index in [0.29, 0.717) is 46.6 Å². The van der Waals surface area contributed by atoms with Crippen LogP contribution in [-0.2, 0) is 0 Å². The first kappa shape index (κ1) is 18.7. The summed E-state index contributed by atoms with van der Waals surface area (Å²) >= 11 is 0. The number of piperidine rings is 1. The number of aryl methyl sites for hydroxylation is 1. The number of phenolic OH excluding ortho intramolecular Hbond substituents is 1. The fraction of sp³-hybridized carbons (Fsp3) is 0.400. The fourth-order valence-electron chi connectivity index (χ4n) is 4.26. The lowest BCUT2D eigenvalue weighted by Crippen LogP contribution is -2.52. The molecule has 1 aromatic carbocycles. The molecule has 2 N–H and O–H groups in total. The minimum absolute atomic E-state index is 0.00339. The van der Waals surface area contributed by atoms with Crippen LogP contribution in [0.15, 0.2) is 30.0 Å². The topological polar surface area (TPSA) is 115 Å². The van der Waals surface area contributed by atoms with E-state index in [4.69, 9.17) is 0 Å². The van der Waals surface area contributed by atoms with Crippen LogP contribution < -0.4 is 5.32 Å². The summed E-state index contributed by atoms with van der Waals surface area (Å²) in [5.74, 6) is 0.889. The second-order valence-electron chi connectivity index (χ2n) is 8.11. The minimum atomic E-state index is -1.06. The van der Waals surface area contributed by atoms with Gasteiger partial charge in [-0.2, -0.15) is 0 Å². The number of aromatic nitrogens is 7. The van der Waals surface area contributed by atoms with Crippen LogP contribution in [0.25, 0.3) is 23.0 Å². The van der Waals surface area contributed by atoms with Crippen molar-refractivity contribution in [1.29, 1.82) is 0 Å². The lowest BCUT2D eigenvalue weighted by molar-refractivity contribution is 0.186. The summed E-state index contributed by atoms with van der Waals surface area (Å²) in [6.07, 6.45) is 4.61. The van der Waals surface area contributed by atoms with Crippen molar-refractivity contribution in [2.45, 2.75) is 50.9 Å². The lowest BCUT2D eigenvalue weighted by atomic mass is 9.86. The Labute approximate surface area is 172 Å². The van der Waals surface area contributed by atoms with E-state index >= 15 is 0 Å². The molecule has 5 rings (SSSR count). The van der Waals surface area contributed by atoms with Crippen LogP contribution in [0, 0.1) is 6.92 Å². The van der Waals surface area contributed by atoms with Crippen molar-refractivity contribution in [3.8, 4) is 22.7 Å². The summed E-state index contributed by atoms with van der Waals surface area (Å²) in [6, 6.07) is 5.26. The van der Waals surface area contributed by atoms with Gasteiger partial charge in [-0.1, -0.05) is 0 Å². The van der Waals surface area contributed by atoms with Crippen LogP contribution >= 0.6 is 0 Å². The summed E-state index contributed by atoms with van der Waals surface area (Å²) in [4.78, 5) is 5.65. The molecule has 2 bridgehead atoms. The summed E-state index contributed by atoms with van der Waals surface area (Å²) in [5.41, 5.74) is 1.66. The SMILES string of the molecule is Cc1nnn(-c2ccc(-c3cnc(/C=C4\C[C@H]5CC[C@](C)(N5)[C@H]4F)nn3)c(O)c2)n1. The van der Waals surface area contributed by atoms with Gasteiger partial charge in [0.2, 0.25) is 0 Å². The van der Waals surface area contributed by atoms with Crippen LogP contribution in [-0.4, -0.2) is 58.2 Å². The van der Waals surface area contributed by atoms with Crippen molar-refractivity contribution in [3.05, 3.63) is 41.6 Å². The van der Waals surface area contributed by atoms with E-state index in [1.165, 1.54) is 17.1 Å². The van der Waals surface area contributed by atoms with Crippen LogP contribution in [0.5, 0.6) is 5.75 Å². The highest BCUT2D eigenvalue weighted by Gasteiger charge is 2.47. The second kappa shape index (κ2) is 6.91. The number of phenols is 1. The van der Waals surface area contributed by atoms with Crippen molar-refractivity contribution in [1.82, 2.24) is 40.7 Å². The van der Waals surface area contributed by atoms with Gasteiger partial charge in [0.15, 0.2) is 11.6 Å². The molecule has 10 heteroatoms. The van der Waals surface area contributed by atoms with Crippen molar-refractivity contribution in [2.75, 3.05) is 0 Å². The second-order valence-corrected chi connectivity index (χ2v) is 8.11. The molecule has 2 aromatic heterocycles. The number of fused-ring (bicyclic) bond motifs is 2. The number of benzene rings is 1. The molecule has 2 aliphatic heterocycles. The van der Waals surface area contributed by atoms with Crippen LogP contribution in [0.1, 0.15) is 37.8 Å². The zero-order valence-electron chi connectivity index (χ0n) is 16.6. The van der Waals surface area contributed by atoms with Crippen molar-refractivity contribution in [2.24, 2.45) is 0 Å². The Kier molecular flexibility index (Phi) is 4.31. The predicted molar refractivity (Wildman–Crippen MR) is 106 cm³/mol. The molecule has 3 aromatic rings. The molecule has 2 aliphatic rings. The van der Waals surface area contributed by atoms with E-state index in [2.05, 4.69) is 35.9 Å². The Morgan fingerprint density at radius 1 is 1.30 bits per heavy atom. The maximum Gasteiger partial charge on any atom is 0.174 e. The third kappa shape index (κ3) is 3.22. The number of nitrogens with one attached hydrogen (secondary N) is 1. The Balaban J connectivity index is 1.39. The third-order valence-electron chi connectivity index (χ3n) is 5.81. The van der Waals surface area contributed by atoms with Crippen LogP contribution in [0.4, 0.5) is 4.39 Å². The molecule has 0 aliphatic carbocycles. The first-order chi connectivity index (χ1) is 14.4. The molecule has 4 heterocycles. The maximum atomic E-state index is 14.9. The quantitative estimate of drug-likeness (QED) is 0.678. The number of hydrogen-bond acceptors (Lipinski definition) is 8. The average molecular weight is 408 g/mol. The molecule has 2 fully saturated rings. The Morgan fingerprint density at radius 3 is 2.87 bits per heavy atom. The molecule has 9 nitrogen and oxygen atoms in total. The van der Waals surface area contributed by atoms with Gasteiger partial charge in [-0.3, -0.25) is 0 Å². The molecule has 0 unspecified atom stereocenters. The Bertz CT molecular complexity index is 1130. The molecular formula is C20H21FN8O. The zero-order valence-corrected chi connectivity index (χ0v) is 16.6. The van der Waals surface area contributed by atoms with Gasteiger partial charge in [-0.05, 0) is 62.1 Å². The number of aromatic hydroxyl groups is 1. The van der Waals surface area contributed by atoms with Gasteiger partial charge in [0.1, 0.15) is 17.6 Å². The van der Waals surface area contributed by atoms with Gasteiger partial charge >= 0.3 is 0 Å². The molecule has 30 heavy (non-hydrogen) atoms. The first-order valence-electron chi connectivity index (χ1n) is 9.84. The number of alkyl halides is 1. The number of hydrogen-bond donors (Lipinski definition) is 2. The average Bonchev–Trinajstić information content (AvgIpc) is 3.31.